The predicted molar refractivity (Wildman–Crippen MR) is 199 cm³/mol. The lowest BCUT2D eigenvalue weighted by atomic mass is 9.91. The minimum Gasteiger partial charge on any atom is -0.387 e. The number of nitrogens with one attached hydrogen (secondary N) is 2. The fraction of sp³-hybridized carbons (Fsp3) is 0.605. The monoisotopic (exact) mass is 727 g/mol. The van der Waals surface area contributed by atoms with Gasteiger partial charge in [0.1, 0.15) is 35.4 Å². The van der Waals surface area contributed by atoms with Gasteiger partial charge in [-0.05, 0) is 88.2 Å². The third-order valence-corrected chi connectivity index (χ3v) is 10.7. The van der Waals surface area contributed by atoms with Gasteiger partial charge >= 0.3 is 0 Å². The number of hydrogen-bond donors (Lipinski definition) is 5. The number of carbonyl (C=O) groups excluding carboxylic acids is 3. The number of thioether (sulfide) groups is 1. The zero-order valence-electron chi connectivity index (χ0n) is 30.9. The van der Waals surface area contributed by atoms with Crippen LogP contribution in [0.25, 0.3) is 0 Å². The van der Waals surface area contributed by atoms with Gasteiger partial charge in [-0.15, -0.1) is 11.8 Å². The first-order chi connectivity index (χ1) is 24.2. The molecular formula is C38H57N5O7S. The highest BCUT2D eigenvalue weighted by atomic mass is 32.2. The van der Waals surface area contributed by atoms with Gasteiger partial charge < -0.3 is 40.5 Å². The van der Waals surface area contributed by atoms with Crippen molar-refractivity contribution >= 4 is 29.5 Å². The SMILES string of the molecule is CS[C@H]1O[C@@H](c2ccc(C)c(Cc3ccc(CCCC(=O)NC(C)(C)C(=O)NCCN(C)CC(=O)N4CCN(C)CC4)cc3)c2)[C@H](O)[C@@H](O)[C@@H]1O. The van der Waals surface area contributed by atoms with Crippen molar-refractivity contribution < 1.29 is 34.4 Å². The first-order valence-corrected chi connectivity index (χ1v) is 19.1. The summed E-state index contributed by atoms with van der Waals surface area (Å²) in [5.74, 6) is -0.358. The van der Waals surface area contributed by atoms with Crippen LogP contribution in [0.15, 0.2) is 42.5 Å². The highest BCUT2D eigenvalue weighted by molar-refractivity contribution is 7.99. The predicted octanol–water partition coefficient (Wildman–Crippen LogP) is 1.47. The van der Waals surface area contributed by atoms with Crippen molar-refractivity contribution in [2.45, 2.75) is 81.8 Å². The van der Waals surface area contributed by atoms with Crippen LogP contribution in [0.2, 0.25) is 0 Å². The number of amides is 3. The molecule has 0 aromatic heterocycles. The van der Waals surface area contributed by atoms with Crippen LogP contribution in [0, 0.1) is 6.92 Å². The van der Waals surface area contributed by atoms with Crippen LogP contribution in [0.5, 0.6) is 0 Å². The Morgan fingerprint density at radius 3 is 2.31 bits per heavy atom. The van der Waals surface area contributed by atoms with E-state index < -0.39 is 35.4 Å². The minimum atomic E-state index is -1.30. The van der Waals surface area contributed by atoms with E-state index in [-0.39, 0.29) is 17.7 Å². The standard InChI is InChI=1S/C38H57N5O7S/c1-25-10-15-28(35-33(47)32(46)34(48)36(50-35)51-6)23-29(25)22-27-13-11-26(12-14-27)8-7-9-30(44)40-38(2,3)37(49)39-16-17-42(5)24-31(45)43-20-18-41(4)19-21-43/h10-15,23,32-36,46-48H,7-9,16-22,24H2,1-6H3,(H,39,49)(H,40,44)/t32-,33-,34+,35+,36-/m1/s1. The second-order valence-corrected chi connectivity index (χ2v) is 15.5. The molecule has 2 saturated heterocycles. The fourth-order valence-electron chi connectivity index (χ4n) is 6.39. The number of aryl methyl sites for hydroxylation is 2. The molecule has 0 radical (unpaired) electrons. The number of aliphatic hydroxyl groups excluding tert-OH is 3. The Morgan fingerprint density at radius 1 is 0.980 bits per heavy atom. The van der Waals surface area contributed by atoms with Crippen molar-refractivity contribution in [3.63, 3.8) is 0 Å². The largest absolute Gasteiger partial charge is 0.387 e. The molecule has 0 bridgehead atoms. The number of benzene rings is 2. The maximum absolute atomic E-state index is 12.9. The molecule has 2 heterocycles. The first-order valence-electron chi connectivity index (χ1n) is 17.8. The molecule has 12 nitrogen and oxygen atoms in total. The van der Waals surface area contributed by atoms with E-state index in [0.29, 0.717) is 38.9 Å². The summed E-state index contributed by atoms with van der Waals surface area (Å²) in [5.41, 5.74) is 3.44. The lowest BCUT2D eigenvalue weighted by Crippen LogP contribution is -2.55. The van der Waals surface area contributed by atoms with E-state index in [9.17, 15) is 29.7 Å². The van der Waals surface area contributed by atoms with Crippen molar-refractivity contribution in [2.24, 2.45) is 0 Å². The molecule has 2 aliphatic rings. The Hall–Kier alpha value is -3.04. The van der Waals surface area contributed by atoms with E-state index >= 15 is 0 Å². The van der Waals surface area contributed by atoms with E-state index in [4.69, 9.17) is 4.74 Å². The molecule has 5 atom stereocenters. The van der Waals surface area contributed by atoms with Crippen molar-refractivity contribution in [1.29, 1.82) is 0 Å². The Bertz CT molecular complexity index is 1470. The fourth-order valence-corrected chi connectivity index (χ4v) is 7.06. The Kier molecular flexibility index (Phi) is 14.9. The molecule has 0 unspecified atom stereocenters. The van der Waals surface area contributed by atoms with Crippen LogP contribution in [0.3, 0.4) is 0 Å². The summed E-state index contributed by atoms with van der Waals surface area (Å²) in [6, 6.07) is 14.1. The van der Waals surface area contributed by atoms with Gasteiger partial charge in [0.25, 0.3) is 0 Å². The molecule has 2 aliphatic heterocycles. The molecule has 13 heteroatoms. The number of likely N-dealkylation sites (N-methyl/N-ethyl adjacent to an activating group) is 2. The third-order valence-electron chi connectivity index (χ3n) is 9.85. The normalized spacial score (nSPS) is 22.9. The van der Waals surface area contributed by atoms with Crippen LogP contribution >= 0.6 is 11.8 Å². The molecule has 0 saturated carbocycles. The van der Waals surface area contributed by atoms with Crippen LogP contribution in [-0.2, 0) is 32.0 Å². The Morgan fingerprint density at radius 2 is 1.65 bits per heavy atom. The highest BCUT2D eigenvalue weighted by Gasteiger charge is 2.44. The summed E-state index contributed by atoms with van der Waals surface area (Å²) in [5, 5.41) is 37.0. The molecule has 0 spiro atoms. The van der Waals surface area contributed by atoms with Crippen molar-refractivity contribution in [2.75, 3.05) is 66.2 Å². The smallest absolute Gasteiger partial charge is 0.245 e. The van der Waals surface area contributed by atoms with Gasteiger partial charge in [-0.3, -0.25) is 19.3 Å². The average Bonchev–Trinajstić information content (AvgIpc) is 3.09. The van der Waals surface area contributed by atoms with Crippen LogP contribution in [0.4, 0.5) is 0 Å². The van der Waals surface area contributed by atoms with Crippen LogP contribution < -0.4 is 10.6 Å². The topological polar surface area (TPSA) is 155 Å². The molecule has 2 aromatic rings. The molecule has 4 rings (SSSR count). The molecule has 3 amide bonds. The zero-order chi connectivity index (χ0) is 37.3. The number of ether oxygens (including phenoxy) is 1. The van der Waals surface area contributed by atoms with E-state index in [0.717, 1.165) is 60.4 Å². The van der Waals surface area contributed by atoms with Gasteiger partial charge in [0.15, 0.2) is 0 Å². The Labute approximate surface area is 306 Å². The summed E-state index contributed by atoms with van der Waals surface area (Å²) in [7, 11) is 3.92. The van der Waals surface area contributed by atoms with E-state index in [1.165, 1.54) is 11.8 Å². The van der Waals surface area contributed by atoms with E-state index in [2.05, 4.69) is 46.8 Å². The van der Waals surface area contributed by atoms with E-state index in [1.54, 1.807) is 20.1 Å². The average molecular weight is 728 g/mol. The van der Waals surface area contributed by atoms with Crippen LogP contribution in [0.1, 0.15) is 60.6 Å². The van der Waals surface area contributed by atoms with Gasteiger partial charge in [-0.2, -0.15) is 0 Å². The van der Waals surface area contributed by atoms with Crippen molar-refractivity contribution in [3.8, 4) is 0 Å². The molecule has 5 N–H and O–H groups in total. The summed E-state index contributed by atoms with van der Waals surface area (Å²) in [6.07, 6.45) is -0.337. The van der Waals surface area contributed by atoms with Gasteiger partial charge in [0, 0.05) is 45.7 Å². The molecule has 282 valence electrons. The number of piperazine rings is 1. The maximum atomic E-state index is 12.9. The second-order valence-electron chi connectivity index (χ2n) is 14.5. The lowest BCUT2D eigenvalue weighted by molar-refractivity contribution is -0.200. The summed E-state index contributed by atoms with van der Waals surface area (Å²) in [4.78, 5) is 44.2. The van der Waals surface area contributed by atoms with Gasteiger partial charge in [0.2, 0.25) is 17.7 Å². The minimum absolute atomic E-state index is 0.0969. The van der Waals surface area contributed by atoms with E-state index in [1.807, 2.05) is 42.0 Å². The summed E-state index contributed by atoms with van der Waals surface area (Å²) in [6.45, 7) is 9.84. The maximum Gasteiger partial charge on any atom is 0.245 e. The van der Waals surface area contributed by atoms with Gasteiger partial charge in [-0.1, -0.05) is 42.5 Å². The second kappa shape index (κ2) is 18.6. The quantitative estimate of drug-likeness (QED) is 0.182. The lowest BCUT2D eigenvalue weighted by Gasteiger charge is -2.40. The molecule has 2 fully saturated rings. The van der Waals surface area contributed by atoms with Gasteiger partial charge in [-0.25, -0.2) is 0 Å². The highest BCUT2D eigenvalue weighted by Crippen LogP contribution is 2.36. The third kappa shape index (κ3) is 11.5. The Balaban J connectivity index is 1.18. The number of hydrogen-bond acceptors (Lipinski definition) is 10. The number of rotatable bonds is 15. The van der Waals surface area contributed by atoms with Crippen molar-refractivity contribution in [3.05, 3.63) is 70.3 Å². The summed E-state index contributed by atoms with van der Waals surface area (Å²) >= 11 is 1.29. The molecule has 51 heavy (non-hydrogen) atoms. The zero-order valence-corrected chi connectivity index (χ0v) is 31.7. The number of aliphatic hydroxyl groups is 3. The molecular weight excluding hydrogens is 671 g/mol. The van der Waals surface area contributed by atoms with Gasteiger partial charge in [0.05, 0.1) is 6.54 Å². The number of carbonyl (C=O) groups is 3. The summed E-state index contributed by atoms with van der Waals surface area (Å²) < 4.78 is 5.96. The molecule has 0 aliphatic carbocycles. The number of nitrogens with zero attached hydrogens (tertiary/aromatic N) is 3. The first kappa shape index (κ1) is 40.7. The van der Waals surface area contributed by atoms with Crippen LogP contribution in [-0.4, -0.2) is 143 Å². The van der Waals surface area contributed by atoms with Crippen molar-refractivity contribution in [1.82, 2.24) is 25.3 Å². The molecule has 2 aromatic carbocycles.